The Morgan fingerprint density at radius 2 is 1.23 bits per heavy atom. The Hall–Kier alpha value is -2.95. The van der Waals surface area contributed by atoms with Gasteiger partial charge in [0.1, 0.15) is 5.75 Å². The first-order valence-electron chi connectivity index (χ1n) is 10.6. The predicted octanol–water partition coefficient (Wildman–Crippen LogP) is 6.02. The van der Waals surface area contributed by atoms with Crippen molar-refractivity contribution in [3.05, 3.63) is 65.2 Å². The van der Waals surface area contributed by atoms with E-state index in [0.29, 0.717) is 12.2 Å². The SMILES string of the molecule is CCCCCCCCCOC(=O)c1ccccc1C(=O)Oc1ccccc1C(C)=O. The summed E-state index contributed by atoms with van der Waals surface area (Å²) in [5.41, 5.74) is 0.580. The van der Waals surface area contributed by atoms with E-state index in [9.17, 15) is 14.4 Å². The number of Topliss-reactive ketones (excluding diaryl/α,β-unsaturated/α-hetero) is 1. The lowest BCUT2D eigenvalue weighted by molar-refractivity contribution is 0.0489. The zero-order valence-corrected chi connectivity index (χ0v) is 17.8. The summed E-state index contributed by atoms with van der Waals surface area (Å²) in [4.78, 5) is 36.9. The number of benzene rings is 2. The van der Waals surface area contributed by atoms with Crippen molar-refractivity contribution in [2.75, 3.05) is 6.61 Å². The minimum atomic E-state index is -0.702. The molecule has 0 aliphatic carbocycles. The summed E-state index contributed by atoms with van der Waals surface area (Å²) in [6.45, 7) is 3.92. The average Bonchev–Trinajstić information content (AvgIpc) is 2.75. The molecule has 0 fully saturated rings. The molecule has 2 aromatic carbocycles. The van der Waals surface area contributed by atoms with Crippen LogP contribution in [0.25, 0.3) is 0 Å². The Labute approximate surface area is 178 Å². The third kappa shape index (κ3) is 7.14. The molecule has 0 saturated heterocycles. The zero-order valence-electron chi connectivity index (χ0n) is 17.8. The number of carbonyl (C=O) groups is 3. The van der Waals surface area contributed by atoms with Crippen molar-refractivity contribution in [3.63, 3.8) is 0 Å². The van der Waals surface area contributed by atoms with Gasteiger partial charge >= 0.3 is 11.9 Å². The Kier molecular flexibility index (Phi) is 9.78. The fourth-order valence-electron chi connectivity index (χ4n) is 3.14. The van der Waals surface area contributed by atoms with E-state index in [4.69, 9.17) is 9.47 Å². The average molecular weight is 411 g/mol. The normalized spacial score (nSPS) is 10.5. The summed E-state index contributed by atoms with van der Waals surface area (Å²) in [6, 6.07) is 12.9. The molecule has 0 heterocycles. The maximum Gasteiger partial charge on any atom is 0.344 e. The summed E-state index contributed by atoms with van der Waals surface area (Å²) in [6.07, 6.45) is 7.89. The smallest absolute Gasteiger partial charge is 0.344 e. The van der Waals surface area contributed by atoms with Crippen LogP contribution >= 0.6 is 0 Å². The van der Waals surface area contributed by atoms with Gasteiger partial charge in [0.05, 0.1) is 23.3 Å². The van der Waals surface area contributed by atoms with Crippen LogP contribution in [0, 0.1) is 0 Å². The molecular formula is C25H30O5. The number of unbranched alkanes of at least 4 members (excludes halogenated alkanes) is 6. The maximum atomic E-state index is 12.7. The number of rotatable bonds is 12. The fraction of sp³-hybridized carbons (Fsp3) is 0.400. The van der Waals surface area contributed by atoms with E-state index in [1.165, 1.54) is 38.7 Å². The summed E-state index contributed by atoms with van der Waals surface area (Å²) >= 11 is 0. The Morgan fingerprint density at radius 1 is 0.700 bits per heavy atom. The van der Waals surface area contributed by atoms with Gasteiger partial charge in [-0.3, -0.25) is 4.79 Å². The maximum absolute atomic E-state index is 12.7. The minimum Gasteiger partial charge on any atom is -0.462 e. The highest BCUT2D eigenvalue weighted by Gasteiger charge is 2.21. The van der Waals surface area contributed by atoms with Gasteiger partial charge in [0.25, 0.3) is 0 Å². The van der Waals surface area contributed by atoms with Crippen LogP contribution < -0.4 is 4.74 Å². The second kappa shape index (κ2) is 12.6. The van der Waals surface area contributed by atoms with Crippen LogP contribution in [0.15, 0.2) is 48.5 Å². The van der Waals surface area contributed by atoms with E-state index in [0.717, 1.165) is 19.3 Å². The first-order valence-corrected chi connectivity index (χ1v) is 10.6. The van der Waals surface area contributed by atoms with Crippen molar-refractivity contribution >= 4 is 17.7 Å². The highest BCUT2D eigenvalue weighted by atomic mass is 16.5. The van der Waals surface area contributed by atoms with E-state index in [1.807, 2.05) is 0 Å². The van der Waals surface area contributed by atoms with E-state index in [1.54, 1.807) is 42.5 Å². The van der Waals surface area contributed by atoms with Crippen LogP contribution in [0.4, 0.5) is 0 Å². The Bertz CT molecular complexity index is 856. The molecule has 2 rings (SSSR count). The molecule has 2 aromatic rings. The molecule has 30 heavy (non-hydrogen) atoms. The minimum absolute atomic E-state index is 0.112. The van der Waals surface area contributed by atoms with Gasteiger partial charge in [0.15, 0.2) is 5.78 Å². The lowest BCUT2D eigenvalue weighted by atomic mass is 10.1. The zero-order chi connectivity index (χ0) is 21.8. The number of ether oxygens (including phenoxy) is 2. The monoisotopic (exact) mass is 410 g/mol. The summed E-state index contributed by atoms with van der Waals surface area (Å²) in [7, 11) is 0. The van der Waals surface area contributed by atoms with Crippen LogP contribution in [0.5, 0.6) is 5.75 Å². The van der Waals surface area contributed by atoms with Crippen molar-refractivity contribution in [2.24, 2.45) is 0 Å². The van der Waals surface area contributed by atoms with Crippen molar-refractivity contribution < 1.29 is 23.9 Å². The van der Waals surface area contributed by atoms with Gasteiger partial charge in [-0.05, 0) is 37.6 Å². The molecule has 0 aliphatic rings. The van der Waals surface area contributed by atoms with Crippen LogP contribution in [0.3, 0.4) is 0 Å². The molecule has 0 N–H and O–H groups in total. The Morgan fingerprint density at radius 3 is 1.87 bits per heavy atom. The molecule has 5 heteroatoms. The highest BCUT2D eigenvalue weighted by molar-refractivity contribution is 6.04. The molecular weight excluding hydrogens is 380 g/mol. The van der Waals surface area contributed by atoms with Crippen LogP contribution in [-0.2, 0) is 4.74 Å². The first-order chi connectivity index (χ1) is 14.5. The predicted molar refractivity (Wildman–Crippen MR) is 116 cm³/mol. The molecule has 0 atom stereocenters. The molecule has 0 radical (unpaired) electrons. The molecule has 160 valence electrons. The largest absolute Gasteiger partial charge is 0.462 e. The van der Waals surface area contributed by atoms with Gasteiger partial charge in [-0.1, -0.05) is 69.7 Å². The number of carbonyl (C=O) groups excluding carboxylic acids is 3. The molecule has 0 aliphatic heterocycles. The summed E-state index contributed by atoms with van der Waals surface area (Å²) in [5, 5.41) is 0. The van der Waals surface area contributed by atoms with Crippen LogP contribution in [0.1, 0.15) is 89.9 Å². The van der Waals surface area contributed by atoms with Crippen molar-refractivity contribution in [3.8, 4) is 5.75 Å². The van der Waals surface area contributed by atoms with Crippen LogP contribution in [0.2, 0.25) is 0 Å². The molecule has 0 amide bonds. The number of para-hydroxylation sites is 1. The highest BCUT2D eigenvalue weighted by Crippen LogP contribution is 2.21. The van der Waals surface area contributed by atoms with Gasteiger partial charge in [0, 0.05) is 0 Å². The number of ketones is 1. The van der Waals surface area contributed by atoms with E-state index in [2.05, 4.69) is 6.92 Å². The molecule has 5 nitrogen and oxygen atoms in total. The van der Waals surface area contributed by atoms with Gasteiger partial charge < -0.3 is 9.47 Å². The lowest BCUT2D eigenvalue weighted by Gasteiger charge is -2.11. The third-order valence-electron chi connectivity index (χ3n) is 4.82. The third-order valence-corrected chi connectivity index (χ3v) is 4.82. The van der Waals surface area contributed by atoms with Gasteiger partial charge in [-0.15, -0.1) is 0 Å². The molecule has 0 unspecified atom stereocenters. The second-order valence-corrected chi connectivity index (χ2v) is 7.24. The van der Waals surface area contributed by atoms with Gasteiger partial charge in [0.2, 0.25) is 0 Å². The van der Waals surface area contributed by atoms with Crippen LogP contribution in [-0.4, -0.2) is 24.3 Å². The topological polar surface area (TPSA) is 69.7 Å². The standard InChI is InChI=1S/C25H30O5/c1-3-4-5-6-7-8-13-18-29-24(27)21-15-9-10-16-22(21)25(28)30-23-17-12-11-14-20(23)19(2)26/h9-12,14-17H,3-8,13,18H2,1-2H3. The second-order valence-electron chi connectivity index (χ2n) is 7.24. The Balaban J connectivity index is 1.94. The van der Waals surface area contributed by atoms with E-state index >= 15 is 0 Å². The fourth-order valence-corrected chi connectivity index (χ4v) is 3.14. The van der Waals surface area contributed by atoms with E-state index < -0.39 is 11.9 Å². The first kappa shape index (κ1) is 23.3. The number of hydrogen-bond donors (Lipinski definition) is 0. The quantitative estimate of drug-likeness (QED) is 0.185. The molecule has 0 aromatic heterocycles. The lowest BCUT2D eigenvalue weighted by Crippen LogP contribution is -2.17. The number of hydrogen-bond acceptors (Lipinski definition) is 5. The van der Waals surface area contributed by atoms with Crippen molar-refractivity contribution in [2.45, 2.75) is 58.8 Å². The molecule has 0 spiro atoms. The summed E-state index contributed by atoms with van der Waals surface area (Å²) < 4.78 is 10.8. The van der Waals surface area contributed by atoms with Crippen molar-refractivity contribution in [1.82, 2.24) is 0 Å². The van der Waals surface area contributed by atoms with E-state index in [-0.39, 0.29) is 22.7 Å². The number of esters is 2. The molecule has 0 saturated carbocycles. The van der Waals surface area contributed by atoms with Gasteiger partial charge in [-0.25, -0.2) is 9.59 Å². The van der Waals surface area contributed by atoms with Gasteiger partial charge in [-0.2, -0.15) is 0 Å². The molecule has 0 bridgehead atoms. The summed E-state index contributed by atoms with van der Waals surface area (Å²) in [5.74, 6) is -1.29. The van der Waals surface area contributed by atoms with Crippen molar-refractivity contribution in [1.29, 1.82) is 0 Å².